The molecule has 1 amide bonds. The number of ether oxygens (including phenoxy) is 2. The van der Waals surface area contributed by atoms with Crippen molar-refractivity contribution in [2.45, 2.75) is 38.2 Å². The molecule has 0 aromatic carbocycles. The van der Waals surface area contributed by atoms with Crippen LogP contribution in [0, 0.1) is 0 Å². The number of hydrogen-bond donors (Lipinski definition) is 1. The van der Waals surface area contributed by atoms with E-state index in [2.05, 4.69) is 0 Å². The third-order valence-corrected chi connectivity index (χ3v) is 2.89. The van der Waals surface area contributed by atoms with Crippen molar-refractivity contribution >= 4 is 5.91 Å². The monoisotopic (exact) mass is 214 g/mol. The molecule has 2 aliphatic rings. The predicted octanol–water partition coefficient (Wildman–Crippen LogP) is -0.302. The van der Waals surface area contributed by atoms with Crippen molar-refractivity contribution in [2.24, 2.45) is 5.73 Å². The Balaban J connectivity index is 1.81. The maximum Gasteiger partial charge on any atom is 0.224 e. The highest BCUT2D eigenvalue weighted by atomic mass is 16.7. The van der Waals surface area contributed by atoms with E-state index in [1.807, 2.05) is 13.8 Å². The van der Waals surface area contributed by atoms with Gasteiger partial charge in [-0.1, -0.05) is 0 Å². The van der Waals surface area contributed by atoms with Gasteiger partial charge >= 0.3 is 0 Å². The first kappa shape index (κ1) is 10.9. The molecule has 5 nitrogen and oxygen atoms in total. The molecular weight excluding hydrogens is 196 g/mol. The Morgan fingerprint density at radius 2 is 2.40 bits per heavy atom. The van der Waals surface area contributed by atoms with Crippen molar-refractivity contribution in [2.75, 3.05) is 19.7 Å². The van der Waals surface area contributed by atoms with Gasteiger partial charge in [0.05, 0.1) is 12.6 Å². The summed E-state index contributed by atoms with van der Waals surface area (Å²) in [4.78, 5) is 12.9. The van der Waals surface area contributed by atoms with E-state index in [1.165, 1.54) is 0 Å². The largest absolute Gasteiger partial charge is 0.348 e. The minimum atomic E-state index is -0.540. The smallest absolute Gasteiger partial charge is 0.224 e. The maximum atomic E-state index is 11.1. The summed E-state index contributed by atoms with van der Waals surface area (Å²) < 4.78 is 11.1. The van der Waals surface area contributed by atoms with Crippen molar-refractivity contribution in [1.29, 1.82) is 0 Å². The molecule has 1 unspecified atom stereocenters. The predicted molar refractivity (Wildman–Crippen MR) is 54.1 cm³/mol. The normalized spacial score (nSPS) is 31.5. The van der Waals surface area contributed by atoms with E-state index in [9.17, 15) is 4.79 Å². The van der Waals surface area contributed by atoms with Gasteiger partial charge in [-0.2, -0.15) is 0 Å². The lowest BCUT2D eigenvalue weighted by molar-refractivity contribution is -0.145. The number of rotatable bonds is 3. The summed E-state index contributed by atoms with van der Waals surface area (Å²) in [5.74, 6) is -0.357. The molecule has 15 heavy (non-hydrogen) atoms. The highest BCUT2D eigenvalue weighted by Gasteiger charge is 2.37. The van der Waals surface area contributed by atoms with Crippen molar-refractivity contribution in [3.05, 3.63) is 0 Å². The molecule has 0 spiro atoms. The Morgan fingerprint density at radius 3 is 2.80 bits per heavy atom. The molecule has 2 fully saturated rings. The van der Waals surface area contributed by atoms with Crippen LogP contribution < -0.4 is 5.73 Å². The molecule has 0 aromatic rings. The van der Waals surface area contributed by atoms with Gasteiger partial charge < -0.3 is 20.1 Å². The van der Waals surface area contributed by atoms with Crippen molar-refractivity contribution < 1.29 is 14.3 Å². The van der Waals surface area contributed by atoms with Crippen LogP contribution in [-0.2, 0) is 14.3 Å². The van der Waals surface area contributed by atoms with Crippen LogP contribution in [0.5, 0.6) is 0 Å². The molecule has 86 valence electrons. The van der Waals surface area contributed by atoms with E-state index in [1.54, 1.807) is 4.90 Å². The number of β-lactam (4-membered cyclic amide) rings is 1. The van der Waals surface area contributed by atoms with E-state index in [0.717, 1.165) is 6.54 Å². The van der Waals surface area contributed by atoms with E-state index in [-0.39, 0.29) is 18.1 Å². The molecule has 5 heteroatoms. The first-order valence-corrected chi connectivity index (χ1v) is 5.33. The number of nitrogens with zero attached hydrogens (tertiary/aromatic N) is 1. The molecule has 2 saturated heterocycles. The quantitative estimate of drug-likeness (QED) is 0.655. The van der Waals surface area contributed by atoms with E-state index >= 15 is 0 Å². The van der Waals surface area contributed by atoms with Crippen molar-refractivity contribution in [3.8, 4) is 0 Å². The second-order valence-corrected chi connectivity index (χ2v) is 4.62. The second kappa shape index (κ2) is 3.73. The van der Waals surface area contributed by atoms with Crippen LogP contribution in [0.15, 0.2) is 0 Å². The van der Waals surface area contributed by atoms with Gasteiger partial charge in [-0.3, -0.25) is 4.79 Å². The zero-order valence-corrected chi connectivity index (χ0v) is 9.23. The Bertz CT molecular complexity index is 267. The Hall–Kier alpha value is -0.650. The fraction of sp³-hybridized carbons (Fsp3) is 0.900. The highest BCUT2D eigenvalue weighted by Crippen LogP contribution is 2.24. The fourth-order valence-corrected chi connectivity index (χ4v) is 1.85. The van der Waals surface area contributed by atoms with Crippen LogP contribution in [-0.4, -0.2) is 48.4 Å². The summed E-state index contributed by atoms with van der Waals surface area (Å²) in [5, 5.41) is 0. The van der Waals surface area contributed by atoms with E-state index < -0.39 is 5.79 Å². The molecule has 2 N–H and O–H groups in total. The average Bonchev–Trinajstić information content (AvgIpc) is 2.52. The SMILES string of the molecule is CC1(C)OCC([C@H](N)CN2CCC2=O)O1. The van der Waals surface area contributed by atoms with Gasteiger partial charge in [0.1, 0.15) is 6.10 Å². The summed E-state index contributed by atoms with van der Waals surface area (Å²) in [6.45, 7) is 5.64. The summed E-state index contributed by atoms with van der Waals surface area (Å²) in [6, 6.07) is -0.156. The number of hydrogen-bond acceptors (Lipinski definition) is 4. The molecule has 2 rings (SSSR count). The van der Waals surface area contributed by atoms with Crippen molar-refractivity contribution in [3.63, 3.8) is 0 Å². The van der Waals surface area contributed by atoms with Crippen LogP contribution in [0.4, 0.5) is 0 Å². The molecular formula is C10H18N2O3. The second-order valence-electron chi connectivity index (χ2n) is 4.62. The first-order valence-electron chi connectivity index (χ1n) is 5.33. The Kier molecular flexibility index (Phi) is 2.70. The molecule has 0 aliphatic carbocycles. The number of amides is 1. The molecule has 0 radical (unpaired) electrons. The molecule has 2 atom stereocenters. The van der Waals surface area contributed by atoms with Gasteiger partial charge in [0, 0.05) is 19.5 Å². The molecule has 0 saturated carbocycles. The van der Waals surface area contributed by atoms with Gasteiger partial charge in [-0.15, -0.1) is 0 Å². The van der Waals surface area contributed by atoms with E-state index in [0.29, 0.717) is 19.6 Å². The van der Waals surface area contributed by atoms with Gasteiger partial charge in [0.25, 0.3) is 0 Å². The minimum absolute atomic E-state index is 0.103. The molecule has 0 aromatic heterocycles. The van der Waals surface area contributed by atoms with Gasteiger partial charge in [-0.25, -0.2) is 0 Å². The zero-order valence-electron chi connectivity index (χ0n) is 9.23. The van der Waals surface area contributed by atoms with Crippen LogP contribution in [0.25, 0.3) is 0 Å². The molecule has 2 aliphatic heterocycles. The number of carbonyl (C=O) groups is 1. The van der Waals surface area contributed by atoms with Crippen LogP contribution in [0.1, 0.15) is 20.3 Å². The maximum absolute atomic E-state index is 11.1. The zero-order chi connectivity index (χ0) is 11.1. The molecule has 2 heterocycles. The van der Waals surface area contributed by atoms with Crippen LogP contribution >= 0.6 is 0 Å². The summed E-state index contributed by atoms with van der Waals surface area (Å²) >= 11 is 0. The lowest BCUT2D eigenvalue weighted by atomic mass is 10.1. The average molecular weight is 214 g/mol. The van der Waals surface area contributed by atoms with E-state index in [4.69, 9.17) is 15.2 Å². The highest BCUT2D eigenvalue weighted by molar-refractivity contribution is 5.81. The van der Waals surface area contributed by atoms with Crippen LogP contribution in [0.3, 0.4) is 0 Å². The standard InChI is InChI=1S/C10H18N2O3/c1-10(2)14-6-8(15-10)7(11)5-12-4-3-9(12)13/h7-8H,3-6,11H2,1-2H3/t7-,8?/m1/s1. The summed E-state index contributed by atoms with van der Waals surface area (Å²) in [7, 11) is 0. The number of nitrogens with two attached hydrogens (primary N) is 1. The third-order valence-electron chi connectivity index (χ3n) is 2.89. The summed E-state index contributed by atoms with van der Waals surface area (Å²) in [5.41, 5.74) is 5.97. The third kappa shape index (κ3) is 2.30. The lowest BCUT2D eigenvalue weighted by Crippen LogP contribution is -2.53. The Labute approximate surface area is 89.5 Å². The van der Waals surface area contributed by atoms with Gasteiger partial charge in [-0.05, 0) is 13.8 Å². The number of likely N-dealkylation sites (tertiary alicyclic amines) is 1. The van der Waals surface area contributed by atoms with Crippen molar-refractivity contribution in [1.82, 2.24) is 4.90 Å². The fourth-order valence-electron chi connectivity index (χ4n) is 1.85. The molecule has 0 bridgehead atoms. The van der Waals surface area contributed by atoms with Crippen LogP contribution in [0.2, 0.25) is 0 Å². The lowest BCUT2D eigenvalue weighted by Gasteiger charge is -2.34. The minimum Gasteiger partial charge on any atom is -0.348 e. The van der Waals surface area contributed by atoms with Gasteiger partial charge in [0.15, 0.2) is 5.79 Å². The number of carbonyl (C=O) groups excluding carboxylic acids is 1. The summed E-state index contributed by atoms with van der Waals surface area (Å²) in [6.07, 6.45) is 0.550. The van der Waals surface area contributed by atoms with Gasteiger partial charge in [0.2, 0.25) is 5.91 Å². The topological polar surface area (TPSA) is 64.8 Å². The first-order chi connectivity index (χ1) is 6.98. The Morgan fingerprint density at radius 1 is 1.67 bits per heavy atom.